The molecule has 0 nitrogen and oxygen atoms in total. The molecule has 0 N–H and O–H groups in total. The van der Waals surface area contributed by atoms with Crippen LogP contribution in [0.2, 0.25) is 0 Å². The van der Waals surface area contributed by atoms with E-state index in [1.165, 1.54) is 18.2 Å². The molecule has 1 aromatic rings. The highest BCUT2D eigenvalue weighted by Gasteiger charge is 2.39. The average Bonchev–Trinajstić information content (AvgIpc) is 2.01. The summed E-state index contributed by atoms with van der Waals surface area (Å²) in [6.45, 7) is 0. The predicted molar refractivity (Wildman–Crippen MR) is 48.8 cm³/mol. The van der Waals surface area contributed by atoms with Gasteiger partial charge < -0.3 is 0 Å². The molecule has 1 atom stereocenters. The first-order chi connectivity index (χ1) is 5.91. The van der Waals surface area contributed by atoms with Crippen LogP contribution in [0, 0.1) is 0 Å². The molecule has 0 spiro atoms. The molecular weight excluding hydrogens is 268 g/mol. The average molecular weight is 273 g/mol. The summed E-state index contributed by atoms with van der Waals surface area (Å²) in [5, 5.41) is -1.94. The zero-order chi connectivity index (χ0) is 10.1. The van der Waals surface area contributed by atoms with Crippen LogP contribution in [0.5, 0.6) is 0 Å². The molecule has 1 rings (SSSR count). The maximum absolute atomic E-state index is 12.1. The van der Waals surface area contributed by atoms with Gasteiger partial charge in [0, 0.05) is 4.47 Å². The van der Waals surface area contributed by atoms with Gasteiger partial charge in [0.25, 0.3) is 0 Å². The van der Waals surface area contributed by atoms with Crippen LogP contribution in [0.15, 0.2) is 28.7 Å². The molecule has 0 saturated heterocycles. The summed E-state index contributed by atoms with van der Waals surface area (Å²) < 4.78 is 36.9. The molecule has 0 fully saturated rings. The van der Waals surface area contributed by atoms with Gasteiger partial charge in [-0.2, -0.15) is 13.2 Å². The van der Waals surface area contributed by atoms with E-state index in [1.807, 2.05) is 0 Å². The van der Waals surface area contributed by atoms with Crippen molar-refractivity contribution in [2.75, 3.05) is 0 Å². The van der Waals surface area contributed by atoms with Gasteiger partial charge in [-0.3, -0.25) is 0 Å². The van der Waals surface area contributed by atoms with Crippen LogP contribution in [-0.2, 0) is 0 Å². The Morgan fingerprint density at radius 2 is 1.92 bits per heavy atom. The van der Waals surface area contributed by atoms with Crippen molar-refractivity contribution >= 4 is 27.5 Å². The molecule has 0 aliphatic carbocycles. The number of alkyl halides is 4. The van der Waals surface area contributed by atoms with Crippen LogP contribution >= 0.6 is 27.5 Å². The molecule has 0 heterocycles. The van der Waals surface area contributed by atoms with E-state index in [9.17, 15) is 13.2 Å². The largest absolute Gasteiger partial charge is 0.408 e. The molecule has 0 aliphatic rings. The fraction of sp³-hybridized carbons (Fsp3) is 0.250. The monoisotopic (exact) mass is 272 g/mol. The molecule has 0 saturated carbocycles. The van der Waals surface area contributed by atoms with E-state index in [0.29, 0.717) is 4.47 Å². The Morgan fingerprint density at radius 3 is 2.38 bits per heavy atom. The van der Waals surface area contributed by atoms with Gasteiger partial charge in [0.05, 0.1) is 0 Å². The lowest BCUT2D eigenvalue weighted by Gasteiger charge is -2.13. The van der Waals surface area contributed by atoms with Gasteiger partial charge in [-0.25, -0.2) is 0 Å². The van der Waals surface area contributed by atoms with Gasteiger partial charge in [-0.15, -0.1) is 11.6 Å². The lowest BCUT2D eigenvalue weighted by atomic mass is 10.1. The molecule has 1 unspecified atom stereocenters. The fourth-order valence-electron chi connectivity index (χ4n) is 0.853. The third-order valence-electron chi connectivity index (χ3n) is 1.43. The minimum absolute atomic E-state index is 0.0449. The van der Waals surface area contributed by atoms with Crippen molar-refractivity contribution in [2.24, 2.45) is 0 Å². The van der Waals surface area contributed by atoms with Crippen LogP contribution in [0.25, 0.3) is 0 Å². The molecule has 0 radical (unpaired) electrons. The number of halogens is 5. The van der Waals surface area contributed by atoms with Crippen molar-refractivity contribution < 1.29 is 13.2 Å². The van der Waals surface area contributed by atoms with Crippen molar-refractivity contribution in [2.45, 2.75) is 11.6 Å². The second kappa shape index (κ2) is 3.88. The Balaban J connectivity index is 2.96. The summed E-state index contributed by atoms with van der Waals surface area (Å²) in [7, 11) is 0. The molecule has 0 bridgehead atoms. The SMILES string of the molecule is FC(F)(F)C(Cl)c1cccc(Br)c1. The summed E-state index contributed by atoms with van der Waals surface area (Å²) >= 11 is 8.28. The lowest BCUT2D eigenvalue weighted by molar-refractivity contribution is -0.131. The van der Waals surface area contributed by atoms with Gasteiger partial charge in [0.15, 0.2) is 5.38 Å². The van der Waals surface area contributed by atoms with Gasteiger partial charge in [-0.05, 0) is 17.7 Å². The molecule has 72 valence electrons. The molecule has 13 heavy (non-hydrogen) atoms. The van der Waals surface area contributed by atoms with Crippen LogP contribution in [0.1, 0.15) is 10.9 Å². The van der Waals surface area contributed by atoms with Crippen molar-refractivity contribution in [3.05, 3.63) is 34.3 Å². The molecule has 0 aromatic heterocycles. The van der Waals surface area contributed by atoms with Gasteiger partial charge >= 0.3 is 6.18 Å². The first kappa shape index (κ1) is 10.9. The summed E-state index contributed by atoms with van der Waals surface area (Å²) in [6, 6.07) is 5.85. The van der Waals surface area contributed by atoms with Gasteiger partial charge in [0.2, 0.25) is 0 Å². The normalized spacial score (nSPS) is 14.2. The number of hydrogen-bond acceptors (Lipinski definition) is 0. The fourth-order valence-corrected chi connectivity index (χ4v) is 1.41. The second-order valence-electron chi connectivity index (χ2n) is 2.46. The predicted octanol–water partition coefficient (Wildman–Crippen LogP) is 4.29. The Kier molecular flexibility index (Phi) is 3.24. The topological polar surface area (TPSA) is 0 Å². The minimum atomic E-state index is -4.40. The molecular formula is C8H5BrClF3. The summed E-state index contributed by atoms with van der Waals surface area (Å²) in [5.74, 6) is 0. The smallest absolute Gasteiger partial charge is 0.169 e. The third kappa shape index (κ3) is 2.88. The standard InChI is InChI=1S/C8H5BrClF3/c9-6-3-1-2-5(4-6)7(10)8(11,12)13/h1-4,7H. The number of rotatable bonds is 1. The third-order valence-corrected chi connectivity index (χ3v) is 2.42. The van der Waals surface area contributed by atoms with Crippen molar-refractivity contribution in [3.8, 4) is 0 Å². The maximum atomic E-state index is 12.1. The van der Waals surface area contributed by atoms with Crippen LogP contribution in [0.4, 0.5) is 13.2 Å². The van der Waals surface area contributed by atoms with Crippen molar-refractivity contribution in [3.63, 3.8) is 0 Å². The van der Waals surface area contributed by atoms with E-state index in [1.54, 1.807) is 6.07 Å². The Bertz CT molecular complexity index is 298. The van der Waals surface area contributed by atoms with E-state index < -0.39 is 11.6 Å². The lowest BCUT2D eigenvalue weighted by Crippen LogP contribution is -2.15. The van der Waals surface area contributed by atoms with Gasteiger partial charge in [0.1, 0.15) is 0 Å². The highest BCUT2D eigenvalue weighted by Crippen LogP contribution is 2.38. The van der Waals surface area contributed by atoms with Crippen molar-refractivity contribution in [1.29, 1.82) is 0 Å². The zero-order valence-corrected chi connectivity index (χ0v) is 8.62. The second-order valence-corrected chi connectivity index (χ2v) is 3.81. The zero-order valence-electron chi connectivity index (χ0n) is 6.28. The molecule has 0 aliphatic heterocycles. The summed E-state index contributed by atoms with van der Waals surface area (Å²) in [5.41, 5.74) is 0.0449. The maximum Gasteiger partial charge on any atom is 0.408 e. The van der Waals surface area contributed by atoms with E-state index in [4.69, 9.17) is 11.6 Å². The van der Waals surface area contributed by atoms with E-state index in [0.717, 1.165) is 0 Å². The molecule has 0 amide bonds. The number of benzene rings is 1. The Labute approximate surface area is 86.8 Å². The van der Waals surface area contributed by atoms with Gasteiger partial charge in [-0.1, -0.05) is 28.1 Å². The van der Waals surface area contributed by atoms with Crippen LogP contribution < -0.4 is 0 Å². The Morgan fingerprint density at radius 1 is 1.31 bits per heavy atom. The van der Waals surface area contributed by atoms with Crippen LogP contribution in [0.3, 0.4) is 0 Å². The van der Waals surface area contributed by atoms with E-state index in [-0.39, 0.29) is 5.56 Å². The first-order valence-electron chi connectivity index (χ1n) is 3.37. The minimum Gasteiger partial charge on any atom is -0.169 e. The highest BCUT2D eigenvalue weighted by molar-refractivity contribution is 9.10. The van der Waals surface area contributed by atoms with E-state index >= 15 is 0 Å². The quantitative estimate of drug-likeness (QED) is 0.670. The molecule has 5 heteroatoms. The number of hydrogen-bond donors (Lipinski definition) is 0. The molecule has 1 aromatic carbocycles. The van der Waals surface area contributed by atoms with E-state index in [2.05, 4.69) is 15.9 Å². The Hall–Kier alpha value is -0.220. The van der Waals surface area contributed by atoms with Crippen molar-refractivity contribution in [1.82, 2.24) is 0 Å². The highest BCUT2D eigenvalue weighted by atomic mass is 79.9. The summed E-state index contributed by atoms with van der Waals surface area (Å²) in [6.07, 6.45) is -4.40. The van der Waals surface area contributed by atoms with Crippen LogP contribution in [-0.4, -0.2) is 6.18 Å². The first-order valence-corrected chi connectivity index (χ1v) is 4.60. The summed E-state index contributed by atoms with van der Waals surface area (Å²) in [4.78, 5) is 0.